The number of piperidine rings is 2. The van der Waals surface area contributed by atoms with Crippen LogP contribution < -0.4 is 0 Å². The Labute approximate surface area is 239 Å². The summed E-state index contributed by atoms with van der Waals surface area (Å²) in [7, 11) is 0. The number of aryl methyl sites for hydroxylation is 1. The first-order valence-corrected chi connectivity index (χ1v) is 15.3. The molecule has 7 rings (SSSR count). The number of imidazole rings is 1. The second-order valence-corrected chi connectivity index (χ2v) is 12.4. The van der Waals surface area contributed by atoms with Crippen molar-refractivity contribution in [3.8, 4) is 5.88 Å². The zero-order valence-electron chi connectivity index (χ0n) is 22.9. The van der Waals surface area contributed by atoms with Crippen LogP contribution in [0.25, 0.3) is 11.0 Å². The van der Waals surface area contributed by atoms with Crippen molar-refractivity contribution >= 4 is 28.7 Å². The second-order valence-electron chi connectivity index (χ2n) is 11.9. The van der Waals surface area contributed by atoms with Crippen molar-refractivity contribution in [2.75, 3.05) is 19.6 Å². The van der Waals surface area contributed by atoms with Gasteiger partial charge < -0.3 is 14.6 Å². The highest BCUT2D eigenvalue weighted by Gasteiger charge is 2.44. The molecule has 40 heavy (non-hydrogen) atoms. The van der Waals surface area contributed by atoms with Crippen molar-refractivity contribution in [3.63, 3.8) is 0 Å². The largest absolute Gasteiger partial charge is 0.491 e. The van der Waals surface area contributed by atoms with E-state index in [0.717, 1.165) is 48.9 Å². The number of nitrogens with zero attached hydrogens (tertiary/aromatic N) is 6. The Morgan fingerprint density at radius 2 is 1.68 bits per heavy atom. The number of aromatic hydroxyl groups is 1. The van der Waals surface area contributed by atoms with E-state index in [0.29, 0.717) is 31.2 Å². The van der Waals surface area contributed by atoms with Crippen molar-refractivity contribution in [2.24, 2.45) is 0 Å². The second kappa shape index (κ2) is 10.3. The molecule has 1 amide bonds. The third kappa shape index (κ3) is 4.39. The minimum absolute atomic E-state index is 0.0356. The van der Waals surface area contributed by atoms with Crippen LogP contribution in [0.4, 0.5) is 0 Å². The highest BCUT2D eigenvalue weighted by molar-refractivity contribution is 6.99. The van der Waals surface area contributed by atoms with E-state index < -0.39 is 0 Å². The average Bonchev–Trinajstić information content (AvgIpc) is 3.63. The third-order valence-electron chi connectivity index (χ3n) is 9.91. The van der Waals surface area contributed by atoms with Crippen LogP contribution in [-0.4, -0.2) is 70.8 Å². The Morgan fingerprint density at radius 3 is 2.38 bits per heavy atom. The molecule has 2 aromatic carbocycles. The fourth-order valence-corrected chi connectivity index (χ4v) is 8.32. The van der Waals surface area contributed by atoms with Crippen molar-refractivity contribution in [3.05, 3.63) is 71.7 Å². The van der Waals surface area contributed by atoms with Crippen LogP contribution >= 0.6 is 11.7 Å². The standard InChI is InChI=1S/C31H36N6O2S/c1-21-32-26-9-5-6-10-27(26)37(21)25-19-23-11-12-24(20-25)36(23)18-15-31(22-7-3-2-4-8-22)13-16-35(17-14-31)30(39)28-29(38)34-40-33-28/h2-10,23-25H,11-20H2,1H3,(H,34,38)/t23-,24+,25?. The van der Waals surface area contributed by atoms with Gasteiger partial charge in [0.1, 0.15) is 5.82 Å². The highest BCUT2D eigenvalue weighted by atomic mass is 32.1. The molecule has 0 saturated carbocycles. The van der Waals surface area contributed by atoms with Crippen LogP contribution in [0.1, 0.15) is 72.9 Å². The summed E-state index contributed by atoms with van der Waals surface area (Å²) in [4.78, 5) is 22.5. The van der Waals surface area contributed by atoms with Gasteiger partial charge in [-0.25, -0.2) is 4.98 Å². The summed E-state index contributed by atoms with van der Waals surface area (Å²) in [5.74, 6) is 0.660. The van der Waals surface area contributed by atoms with E-state index >= 15 is 0 Å². The molecule has 0 aliphatic carbocycles. The van der Waals surface area contributed by atoms with Crippen molar-refractivity contribution in [1.29, 1.82) is 0 Å². The van der Waals surface area contributed by atoms with Gasteiger partial charge in [-0.05, 0) is 81.5 Å². The highest BCUT2D eigenvalue weighted by Crippen LogP contribution is 2.45. The molecule has 9 heteroatoms. The van der Waals surface area contributed by atoms with Gasteiger partial charge in [0, 0.05) is 31.2 Å². The molecule has 3 saturated heterocycles. The van der Waals surface area contributed by atoms with E-state index in [2.05, 4.69) is 79.7 Å². The predicted octanol–water partition coefficient (Wildman–Crippen LogP) is 5.33. The Bertz CT molecular complexity index is 1490. The Hall–Kier alpha value is -3.30. The molecule has 1 N–H and O–H groups in total. The number of hydrogen-bond acceptors (Lipinski definition) is 7. The van der Waals surface area contributed by atoms with E-state index in [1.165, 1.54) is 36.8 Å². The van der Waals surface area contributed by atoms with Gasteiger partial charge in [0.2, 0.25) is 5.69 Å². The Kier molecular flexibility index (Phi) is 6.59. The minimum Gasteiger partial charge on any atom is -0.491 e. The lowest BCUT2D eigenvalue weighted by molar-refractivity contribution is 0.0600. The molecule has 1 unspecified atom stereocenters. The van der Waals surface area contributed by atoms with Crippen molar-refractivity contribution in [1.82, 2.24) is 28.1 Å². The maximum atomic E-state index is 13.0. The molecular formula is C31H36N6O2S. The van der Waals surface area contributed by atoms with Gasteiger partial charge in [-0.2, -0.15) is 4.37 Å². The fourth-order valence-electron chi connectivity index (χ4n) is 7.87. The number of para-hydroxylation sites is 2. The third-order valence-corrected chi connectivity index (χ3v) is 10.4. The molecule has 4 aromatic rings. The summed E-state index contributed by atoms with van der Waals surface area (Å²) in [6.07, 6.45) is 7.83. The van der Waals surface area contributed by atoms with E-state index in [1.807, 2.05) is 4.90 Å². The number of likely N-dealkylation sites (tertiary alicyclic amines) is 1. The van der Waals surface area contributed by atoms with Gasteiger partial charge in [0.05, 0.1) is 22.8 Å². The fraction of sp³-hybridized carbons (Fsp3) is 0.484. The number of aromatic nitrogens is 4. The molecule has 208 valence electrons. The molecule has 8 nitrogen and oxygen atoms in total. The number of carbonyl (C=O) groups excluding carboxylic acids is 1. The summed E-state index contributed by atoms with van der Waals surface area (Å²) >= 11 is 0.878. The first-order valence-electron chi connectivity index (χ1n) is 14.6. The van der Waals surface area contributed by atoms with Crippen LogP contribution in [0.5, 0.6) is 5.88 Å². The van der Waals surface area contributed by atoms with Gasteiger partial charge in [-0.3, -0.25) is 9.69 Å². The monoisotopic (exact) mass is 556 g/mol. The van der Waals surface area contributed by atoms with E-state index in [-0.39, 0.29) is 22.9 Å². The molecule has 3 aliphatic heterocycles. The predicted molar refractivity (Wildman–Crippen MR) is 156 cm³/mol. The van der Waals surface area contributed by atoms with E-state index in [1.54, 1.807) is 0 Å². The molecule has 3 fully saturated rings. The van der Waals surface area contributed by atoms with Gasteiger partial charge >= 0.3 is 0 Å². The molecule has 3 atom stereocenters. The molecule has 0 radical (unpaired) electrons. The van der Waals surface area contributed by atoms with Crippen LogP contribution in [0.15, 0.2) is 54.6 Å². The first-order chi connectivity index (χ1) is 19.5. The summed E-state index contributed by atoms with van der Waals surface area (Å²) in [6, 6.07) is 21.2. The van der Waals surface area contributed by atoms with Crippen LogP contribution in [0, 0.1) is 6.92 Å². The van der Waals surface area contributed by atoms with Crippen LogP contribution in [0.3, 0.4) is 0 Å². The molecule has 2 aromatic heterocycles. The van der Waals surface area contributed by atoms with Crippen LogP contribution in [0.2, 0.25) is 0 Å². The molecule has 3 aliphatic rings. The smallest absolute Gasteiger partial charge is 0.279 e. The zero-order chi connectivity index (χ0) is 27.3. The Balaban J connectivity index is 1.07. The maximum absolute atomic E-state index is 13.0. The normalized spacial score (nSPS) is 24.5. The molecule has 0 spiro atoms. The van der Waals surface area contributed by atoms with Crippen LogP contribution in [-0.2, 0) is 5.41 Å². The maximum Gasteiger partial charge on any atom is 0.279 e. The minimum atomic E-state index is -0.257. The summed E-state index contributed by atoms with van der Waals surface area (Å²) in [6.45, 7) is 4.56. The van der Waals surface area contributed by atoms with Gasteiger partial charge in [0.15, 0.2) is 0 Å². The number of benzene rings is 2. The first kappa shape index (κ1) is 25.7. The number of rotatable bonds is 6. The summed E-state index contributed by atoms with van der Waals surface area (Å²) in [5.41, 5.74) is 3.86. The number of fused-ring (bicyclic) bond motifs is 3. The van der Waals surface area contributed by atoms with Gasteiger partial charge in [-0.15, -0.1) is 4.37 Å². The topological polar surface area (TPSA) is 87.4 Å². The lowest BCUT2D eigenvalue weighted by Crippen LogP contribution is -2.49. The number of amides is 1. The van der Waals surface area contributed by atoms with Crippen molar-refractivity contribution in [2.45, 2.75) is 75.4 Å². The summed E-state index contributed by atoms with van der Waals surface area (Å²) < 4.78 is 10.3. The zero-order valence-corrected chi connectivity index (χ0v) is 23.8. The van der Waals surface area contributed by atoms with E-state index in [4.69, 9.17) is 4.98 Å². The van der Waals surface area contributed by atoms with Gasteiger partial charge in [-0.1, -0.05) is 42.5 Å². The lowest BCUT2D eigenvalue weighted by atomic mass is 9.70. The number of hydrogen-bond donors (Lipinski definition) is 1. The molecule has 5 heterocycles. The number of carbonyl (C=O) groups is 1. The summed E-state index contributed by atoms with van der Waals surface area (Å²) in [5, 5.41) is 9.94. The molecular weight excluding hydrogens is 520 g/mol. The molecule has 2 bridgehead atoms. The van der Waals surface area contributed by atoms with E-state index in [9.17, 15) is 9.90 Å². The average molecular weight is 557 g/mol. The SMILES string of the molecule is Cc1nc2ccccc2n1C1C[C@H]2CC[C@@H](C1)N2CCC1(c2ccccc2)CCN(C(=O)c2nsnc2O)CC1. The van der Waals surface area contributed by atoms with Crippen molar-refractivity contribution < 1.29 is 9.90 Å². The Morgan fingerprint density at radius 1 is 0.975 bits per heavy atom. The lowest BCUT2D eigenvalue weighted by Gasteiger charge is -2.45. The van der Waals surface area contributed by atoms with Gasteiger partial charge in [0.25, 0.3) is 11.8 Å². The quantitative estimate of drug-likeness (QED) is 0.345.